The van der Waals surface area contributed by atoms with Crippen LogP contribution in [0.15, 0.2) is 54.7 Å². The molecule has 0 N–H and O–H groups in total. The predicted molar refractivity (Wildman–Crippen MR) is 87.5 cm³/mol. The van der Waals surface area contributed by atoms with E-state index >= 15 is 0 Å². The van der Waals surface area contributed by atoms with Gasteiger partial charge in [-0.05, 0) is 52.9 Å². The molecule has 1 heterocycles. The molecule has 3 aromatic rings. The molecular weight excluding hydrogens is 365 g/mol. The molecule has 20 heavy (non-hydrogen) atoms. The molecule has 100 valence electrons. The second-order valence-corrected chi connectivity index (χ2v) is 5.39. The van der Waals surface area contributed by atoms with Crippen LogP contribution in [0.2, 0.25) is 0 Å². The molecule has 2 aromatic carbocycles. The molecule has 0 bridgehead atoms. The number of nitrogens with zero attached hydrogens (tertiary/aromatic N) is 1. The van der Waals surface area contributed by atoms with Crippen LogP contribution in [0, 0.1) is 3.57 Å². The average Bonchev–Trinajstić information content (AvgIpc) is 2.48. The number of ether oxygens (including phenoxy) is 2. The normalized spacial score (nSPS) is 10.5. The van der Waals surface area contributed by atoms with Crippen LogP contribution in [0.5, 0.6) is 17.2 Å². The maximum absolute atomic E-state index is 5.93. The first-order valence-electron chi connectivity index (χ1n) is 6.13. The maximum Gasteiger partial charge on any atom is 0.138 e. The van der Waals surface area contributed by atoms with Gasteiger partial charge in [-0.2, -0.15) is 0 Å². The lowest BCUT2D eigenvalue weighted by Gasteiger charge is -2.10. The van der Waals surface area contributed by atoms with Crippen LogP contribution >= 0.6 is 22.6 Å². The van der Waals surface area contributed by atoms with Crippen LogP contribution in [-0.2, 0) is 0 Å². The Morgan fingerprint density at radius 2 is 1.80 bits per heavy atom. The second kappa shape index (κ2) is 5.66. The summed E-state index contributed by atoms with van der Waals surface area (Å²) >= 11 is 2.24. The van der Waals surface area contributed by atoms with Crippen molar-refractivity contribution < 1.29 is 9.47 Å². The Kier molecular flexibility index (Phi) is 3.73. The lowest BCUT2D eigenvalue weighted by atomic mass is 10.2. The third kappa shape index (κ3) is 2.56. The average molecular weight is 377 g/mol. The SMILES string of the molecule is COc1cc2c(Oc3ccccc3)ccnc2cc1I. The minimum atomic E-state index is 0.774. The number of benzene rings is 2. The lowest BCUT2D eigenvalue weighted by molar-refractivity contribution is 0.412. The number of para-hydroxylation sites is 1. The van der Waals surface area contributed by atoms with Gasteiger partial charge >= 0.3 is 0 Å². The zero-order chi connectivity index (χ0) is 13.9. The van der Waals surface area contributed by atoms with E-state index < -0.39 is 0 Å². The van der Waals surface area contributed by atoms with Gasteiger partial charge in [-0.25, -0.2) is 0 Å². The molecule has 0 radical (unpaired) electrons. The van der Waals surface area contributed by atoms with E-state index in [0.717, 1.165) is 31.7 Å². The van der Waals surface area contributed by atoms with Crippen molar-refractivity contribution in [2.24, 2.45) is 0 Å². The molecule has 0 aliphatic heterocycles. The van der Waals surface area contributed by atoms with Crippen molar-refractivity contribution in [2.45, 2.75) is 0 Å². The summed E-state index contributed by atoms with van der Waals surface area (Å²) in [5.74, 6) is 2.40. The Hall–Kier alpha value is -1.82. The summed E-state index contributed by atoms with van der Waals surface area (Å²) in [6, 6.07) is 15.5. The molecule has 3 nitrogen and oxygen atoms in total. The first-order valence-corrected chi connectivity index (χ1v) is 7.21. The number of hydrogen-bond donors (Lipinski definition) is 0. The van der Waals surface area contributed by atoms with E-state index in [1.807, 2.05) is 48.5 Å². The van der Waals surface area contributed by atoms with Gasteiger partial charge in [0.05, 0.1) is 16.2 Å². The summed E-state index contributed by atoms with van der Waals surface area (Å²) in [5.41, 5.74) is 0.892. The lowest BCUT2D eigenvalue weighted by Crippen LogP contribution is -1.91. The summed E-state index contributed by atoms with van der Waals surface area (Å²) < 4.78 is 12.3. The fourth-order valence-electron chi connectivity index (χ4n) is 1.98. The van der Waals surface area contributed by atoms with Gasteiger partial charge in [0.1, 0.15) is 17.2 Å². The molecule has 0 atom stereocenters. The van der Waals surface area contributed by atoms with Gasteiger partial charge in [0.15, 0.2) is 0 Å². The molecule has 0 saturated carbocycles. The largest absolute Gasteiger partial charge is 0.496 e. The van der Waals surface area contributed by atoms with E-state index in [2.05, 4.69) is 27.6 Å². The monoisotopic (exact) mass is 377 g/mol. The number of halogens is 1. The Morgan fingerprint density at radius 1 is 1.00 bits per heavy atom. The van der Waals surface area contributed by atoms with Crippen molar-refractivity contribution in [1.29, 1.82) is 0 Å². The fraction of sp³-hybridized carbons (Fsp3) is 0.0625. The second-order valence-electron chi connectivity index (χ2n) is 4.23. The van der Waals surface area contributed by atoms with Gasteiger partial charge in [0.25, 0.3) is 0 Å². The number of aromatic nitrogens is 1. The Bertz CT molecular complexity index is 744. The summed E-state index contributed by atoms with van der Waals surface area (Å²) in [5, 5.41) is 0.939. The first kappa shape index (κ1) is 13.2. The van der Waals surface area contributed by atoms with Crippen molar-refractivity contribution in [3.05, 3.63) is 58.3 Å². The minimum absolute atomic E-state index is 0.774. The van der Waals surface area contributed by atoms with Gasteiger partial charge in [-0.1, -0.05) is 18.2 Å². The van der Waals surface area contributed by atoms with Gasteiger partial charge in [-0.15, -0.1) is 0 Å². The third-order valence-electron chi connectivity index (χ3n) is 2.95. The quantitative estimate of drug-likeness (QED) is 0.624. The van der Waals surface area contributed by atoms with Crippen LogP contribution in [0.25, 0.3) is 10.9 Å². The standard InChI is InChI=1S/C16H12INO2/c1-19-16-9-12-14(10-13(16)17)18-8-7-15(12)20-11-5-3-2-4-6-11/h2-10H,1H3. The molecule has 0 saturated heterocycles. The summed E-state index contributed by atoms with van der Waals surface area (Å²) in [7, 11) is 1.66. The number of hydrogen-bond acceptors (Lipinski definition) is 3. The van der Waals surface area contributed by atoms with Crippen molar-refractivity contribution in [1.82, 2.24) is 4.98 Å². The zero-order valence-corrected chi connectivity index (χ0v) is 13.0. The molecular formula is C16H12INO2. The third-order valence-corrected chi connectivity index (χ3v) is 3.79. The molecule has 1 aromatic heterocycles. The fourth-order valence-corrected chi connectivity index (χ4v) is 2.65. The molecule has 0 aliphatic rings. The number of fused-ring (bicyclic) bond motifs is 1. The highest BCUT2D eigenvalue weighted by Gasteiger charge is 2.09. The Morgan fingerprint density at radius 3 is 2.55 bits per heavy atom. The highest BCUT2D eigenvalue weighted by molar-refractivity contribution is 14.1. The summed E-state index contributed by atoms with van der Waals surface area (Å²) in [4.78, 5) is 4.38. The van der Waals surface area contributed by atoms with E-state index in [-0.39, 0.29) is 0 Å². The molecule has 3 rings (SSSR count). The maximum atomic E-state index is 5.93. The molecule has 0 fully saturated rings. The van der Waals surface area contributed by atoms with Crippen LogP contribution < -0.4 is 9.47 Å². The summed E-state index contributed by atoms with van der Waals surface area (Å²) in [6.45, 7) is 0. The molecule has 0 aliphatic carbocycles. The highest BCUT2D eigenvalue weighted by Crippen LogP contribution is 2.33. The topological polar surface area (TPSA) is 31.4 Å². The van der Waals surface area contributed by atoms with E-state index in [1.54, 1.807) is 13.3 Å². The van der Waals surface area contributed by atoms with Crippen molar-refractivity contribution in [2.75, 3.05) is 7.11 Å². The van der Waals surface area contributed by atoms with E-state index in [4.69, 9.17) is 9.47 Å². The van der Waals surface area contributed by atoms with Crippen LogP contribution in [0.3, 0.4) is 0 Å². The Labute approximate surface area is 130 Å². The molecule has 0 spiro atoms. The Balaban J connectivity index is 2.11. The zero-order valence-electron chi connectivity index (χ0n) is 10.8. The molecule has 0 unspecified atom stereocenters. The van der Waals surface area contributed by atoms with Crippen LogP contribution in [0.4, 0.5) is 0 Å². The predicted octanol–water partition coefficient (Wildman–Crippen LogP) is 4.64. The smallest absolute Gasteiger partial charge is 0.138 e. The van der Waals surface area contributed by atoms with Crippen LogP contribution in [-0.4, -0.2) is 12.1 Å². The summed E-state index contributed by atoms with van der Waals surface area (Å²) in [6.07, 6.45) is 1.75. The minimum Gasteiger partial charge on any atom is -0.496 e. The van der Waals surface area contributed by atoms with Gasteiger partial charge < -0.3 is 9.47 Å². The van der Waals surface area contributed by atoms with E-state index in [1.165, 1.54) is 0 Å². The number of pyridine rings is 1. The van der Waals surface area contributed by atoms with Crippen molar-refractivity contribution in [3.63, 3.8) is 0 Å². The van der Waals surface area contributed by atoms with Gasteiger partial charge in [0.2, 0.25) is 0 Å². The number of methoxy groups -OCH3 is 1. The molecule has 0 amide bonds. The van der Waals surface area contributed by atoms with Crippen molar-refractivity contribution in [3.8, 4) is 17.2 Å². The van der Waals surface area contributed by atoms with Crippen LogP contribution in [0.1, 0.15) is 0 Å². The number of rotatable bonds is 3. The first-order chi connectivity index (χ1) is 9.78. The molecule has 4 heteroatoms. The van der Waals surface area contributed by atoms with Crippen molar-refractivity contribution >= 4 is 33.5 Å². The van der Waals surface area contributed by atoms with E-state index in [9.17, 15) is 0 Å². The highest BCUT2D eigenvalue weighted by atomic mass is 127. The van der Waals surface area contributed by atoms with Gasteiger partial charge in [0, 0.05) is 11.6 Å². The van der Waals surface area contributed by atoms with Gasteiger partial charge in [-0.3, -0.25) is 4.98 Å². The van der Waals surface area contributed by atoms with E-state index in [0.29, 0.717) is 0 Å².